The number of ether oxygens (including phenoxy) is 2. The van der Waals surface area contributed by atoms with Gasteiger partial charge in [-0.05, 0) is 0 Å². The number of alkyl halides is 4. The molecule has 2 aliphatic rings. The Labute approximate surface area is 123 Å². The molecule has 0 unspecified atom stereocenters. The number of nitrogens with zero attached hydrogens (tertiary/aromatic N) is 2. The van der Waals surface area contributed by atoms with Crippen LogP contribution in [0.3, 0.4) is 0 Å². The van der Waals surface area contributed by atoms with Crippen LogP contribution in [0.5, 0.6) is 0 Å². The van der Waals surface area contributed by atoms with Crippen LogP contribution >= 0.6 is 0 Å². The third kappa shape index (κ3) is 3.02. The molecule has 2 aliphatic heterocycles. The number of carbonyl (C=O) groups excluding carboxylic acids is 2. The molecule has 2 amide bonds. The van der Waals surface area contributed by atoms with E-state index in [-0.39, 0.29) is 52.6 Å². The van der Waals surface area contributed by atoms with Gasteiger partial charge in [0.2, 0.25) is 0 Å². The molecule has 126 valence electrons. The quantitative estimate of drug-likeness (QED) is 0.683. The minimum Gasteiger partial charge on any atom is -0.378 e. The van der Waals surface area contributed by atoms with Crippen LogP contribution < -0.4 is 0 Å². The SMILES string of the molecule is O=C(N1CCOCC1)C(F)(F)C(F)(F)C(=O)N1CCOCC1. The molecule has 10 heteroatoms. The van der Waals surface area contributed by atoms with Gasteiger partial charge in [0, 0.05) is 26.2 Å². The molecule has 2 heterocycles. The van der Waals surface area contributed by atoms with Crippen LogP contribution in [-0.2, 0) is 19.1 Å². The lowest BCUT2D eigenvalue weighted by Gasteiger charge is -2.35. The molecule has 0 saturated carbocycles. The Morgan fingerprint density at radius 3 is 1.23 bits per heavy atom. The van der Waals surface area contributed by atoms with Crippen molar-refractivity contribution in [3.05, 3.63) is 0 Å². The summed E-state index contributed by atoms with van der Waals surface area (Å²) in [5.74, 6) is -14.3. The molecular formula is C12H16F4N2O4. The molecule has 2 fully saturated rings. The Balaban J connectivity index is 2.13. The number of morpholine rings is 2. The lowest BCUT2D eigenvalue weighted by atomic mass is 10.1. The van der Waals surface area contributed by atoms with Gasteiger partial charge in [0.15, 0.2) is 0 Å². The minimum atomic E-state index is -5.10. The number of hydrogen-bond acceptors (Lipinski definition) is 4. The summed E-state index contributed by atoms with van der Waals surface area (Å²) in [6.45, 7) is -0.885. The van der Waals surface area contributed by atoms with Crippen molar-refractivity contribution >= 4 is 11.8 Å². The molecule has 2 rings (SSSR count). The van der Waals surface area contributed by atoms with Gasteiger partial charge in [-0.25, -0.2) is 0 Å². The van der Waals surface area contributed by atoms with E-state index in [2.05, 4.69) is 0 Å². The van der Waals surface area contributed by atoms with Gasteiger partial charge in [0.1, 0.15) is 0 Å². The van der Waals surface area contributed by atoms with Crippen molar-refractivity contribution in [1.82, 2.24) is 9.80 Å². The highest BCUT2D eigenvalue weighted by molar-refractivity contribution is 5.95. The molecule has 0 spiro atoms. The molecule has 0 bridgehead atoms. The second-order valence-corrected chi connectivity index (χ2v) is 4.96. The summed E-state index contributed by atoms with van der Waals surface area (Å²) in [7, 11) is 0. The first kappa shape index (κ1) is 16.9. The molecule has 0 aromatic heterocycles. The molecule has 0 radical (unpaired) electrons. The van der Waals surface area contributed by atoms with E-state index in [9.17, 15) is 27.2 Å². The van der Waals surface area contributed by atoms with Gasteiger partial charge in [-0.3, -0.25) is 9.59 Å². The van der Waals surface area contributed by atoms with Crippen molar-refractivity contribution in [2.75, 3.05) is 52.6 Å². The summed E-state index contributed by atoms with van der Waals surface area (Å²) >= 11 is 0. The summed E-state index contributed by atoms with van der Waals surface area (Å²) < 4.78 is 65.4. The Morgan fingerprint density at radius 1 is 0.682 bits per heavy atom. The Bertz CT molecular complexity index is 395. The van der Waals surface area contributed by atoms with E-state index in [1.807, 2.05) is 0 Å². The van der Waals surface area contributed by atoms with Crippen LogP contribution in [0, 0.1) is 0 Å². The van der Waals surface area contributed by atoms with Crippen LogP contribution in [0.15, 0.2) is 0 Å². The van der Waals surface area contributed by atoms with Gasteiger partial charge in [0.25, 0.3) is 11.8 Å². The summed E-state index contributed by atoms with van der Waals surface area (Å²) in [5.41, 5.74) is 0. The van der Waals surface area contributed by atoms with Crippen molar-refractivity contribution in [2.24, 2.45) is 0 Å². The zero-order valence-corrected chi connectivity index (χ0v) is 11.7. The fraction of sp³-hybridized carbons (Fsp3) is 0.833. The van der Waals surface area contributed by atoms with Gasteiger partial charge in [0.05, 0.1) is 26.4 Å². The van der Waals surface area contributed by atoms with Crippen molar-refractivity contribution in [3.8, 4) is 0 Å². The highest BCUT2D eigenvalue weighted by Gasteiger charge is 2.68. The lowest BCUT2D eigenvalue weighted by molar-refractivity contribution is -0.226. The topological polar surface area (TPSA) is 59.1 Å². The standard InChI is InChI=1S/C12H16F4N2O4/c13-11(14,9(19)17-1-5-21-6-2-17)12(15,16)10(20)18-3-7-22-8-4-18/h1-8H2. The van der Waals surface area contributed by atoms with Crippen molar-refractivity contribution in [2.45, 2.75) is 11.8 Å². The fourth-order valence-electron chi connectivity index (χ4n) is 2.20. The lowest BCUT2D eigenvalue weighted by Crippen LogP contribution is -2.62. The Hall–Kier alpha value is -1.42. The van der Waals surface area contributed by atoms with E-state index in [0.29, 0.717) is 9.80 Å². The summed E-state index contributed by atoms with van der Waals surface area (Å²) in [4.78, 5) is 24.6. The average molecular weight is 328 g/mol. The smallest absolute Gasteiger partial charge is 0.378 e. The highest BCUT2D eigenvalue weighted by Crippen LogP contribution is 2.37. The molecule has 6 nitrogen and oxygen atoms in total. The van der Waals surface area contributed by atoms with Crippen LogP contribution in [0.1, 0.15) is 0 Å². The van der Waals surface area contributed by atoms with Crippen molar-refractivity contribution < 1.29 is 36.6 Å². The van der Waals surface area contributed by atoms with Gasteiger partial charge in [-0.15, -0.1) is 0 Å². The maximum Gasteiger partial charge on any atom is 0.395 e. The van der Waals surface area contributed by atoms with Gasteiger partial charge >= 0.3 is 11.8 Å². The van der Waals surface area contributed by atoms with Gasteiger partial charge in [-0.1, -0.05) is 0 Å². The second kappa shape index (κ2) is 6.37. The molecule has 0 aromatic rings. The number of amides is 2. The Kier molecular flexibility index (Phi) is 4.90. The average Bonchev–Trinajstić information content (AvgIpc) is 2.54. The zero-order valence-electron chi connectivity index (χ0n) is 11.7. The van der Waals surface area contributed by atoms with E-state index in [1.165, 1.54) is 0 Å². The normalized spacial score (nSPS) is 20.9. The summed E-state index contributed by atoms with van der Waals surface area (Å²) in [5, 5.41) is 0. The molecular weight excluding hydrogens is 312 g/mol. The number of rotatable bonds is 3. The number of halogens is 4. The first-order valence-electron chi connectivity index (χ1n) is 6.78. The number of hydrogen-bond donors (Lipinski definition) is 0. The van der Waals surface area contributed by atoms with Crippen molar-refractivity contribution in [1.29, 1.82) is 0 Å². The van der Waals surface area contributed by atoms with E-state index in [4.69, 9.17) is 9.47 Å². The largest absolute Gasteiger partial charge is 0.395 e. The van der Waals surface area contributed by atoms with Crippen molar-refractivity contribution in [3.63, 3.8) is 0 Å². The van der Waals surface area contributed by atoms with E-state index in [1.54, 1.807) is 0 Å². The van der Waals surface area contributed by atoms with Crippen LogP contribution in [-0.4, -0.2) is 86.1 Å². The zero-order chi connectivity index (χ0) is 16.4. The summed E-state index contributed by atoms with van der Waals surface area (Å²) in [6, 6.07) is 0. The van der Waals surface area contributed by atoms with E-state index >= 15 is 0 Å². The number of carbonyl (C=O) groups is 2. The third-order valence-corrected chi connectivity index (χ3v) is 3.53. The molecule has 2 saturated heterocycles. The first-order valence-corrected chi connectivity index (χ1v) is 6.78. The first-order chi connectivity index (χ1) is 10.3. The monoisotopic (exact) mass is 328 g/mol. The minimum absolute atomic E-state index is 0.00913. The van der Waals surface area contributed by atoms with E-state index < -0.39 is 23.7 Å². The Morgan fingerprint density at radius 2 is 0.955 bits per heavy atom. The maximum absolute atomic E-state index is 13.9. The van der Waals surface area contributed by atoms with Gasteiger partial charge in [-0.2, -0.15) is 17.6 Å². The van der Waals surface area contributed by atoms with Crippen LogP contribution in [0.25, 0.3) is 0 Å². The maximum atomic E-state index is 13.9. The van der Waals surface area contributed by atoms with Crippen LogP contribution in [0.4, 0.5) is 17.6 Å². The molecule has 0 aromatic carbocycles. The van der Waals surface area contributed by atoms with Gasteiger partial charge < -0.3 is 19.3 Å². The molecule has 0 aliphatic carbocycles. The highest BCUT2D eigenvalue weighted by atomic mass is 19.3. The predicted octanol–water partition coefficient (Wildman–Crippen LogP) is -0.0254. The molecule has 0 atom stereocenters. The summed E-state index contributed by atoms with van der Waals surface area (Å²) in [6.07, 6.45) is 0. The molecule has 0 N–H and O–H groups in total. The predicted molar refractivity (Wildman–Crippen MR) is 64.7 cm³/mol. The fourth-order valence-corrected chi connectivity index (χ4v) is 2.20. The third-order valence-electron chi connectivity index (χ3n) is 3.53. The van der Waals surface area contributed by atoms with Crippen LogP contribution in [0.2, 0.25) is 0 Å². The van der Waals surface area contributed by atoms with E-state index in [0.717, 1.165) is 0 Å². The second-order valence-electron chi connectivity index (χ2n) is 4.96. The molecule has 22 heavy (non-hydrogen) atoms.